The number of aryl methyl sites for hydroxylation is 1. The Labute approximate surface area is 106 Å². The highest BCUT2D eigenvalue weighted by Gasteiger charge is 2.19. The first-order valence-corrected chi connectivity index (χ1v) is 6.83. The number of hydrogen-bond donors (Lipinski definition) is 1. The van der Waals surface area contributed by atoms with Crippen molar-refractivity contribution in [2.24, 2.45) is 12.0 Å². The van der Waals surface area contributed by atoms with Gasteiger partial charge in [-0.25, -0.2) is 4.98 Å². The molecule has 0 radical (unpaired) electrons. The van der Waals surface area contributed by atoms with Crippen molar-refractivity contribution in [2.45, 2.75) is 38.0 Å². The topological polar surface area (TPSA) is 55.1 Å². The first-order valence-electron chi connectivity index (χ1n) is 5.95. The summed E-state index contributed by atoms with van der Waals surface area (Å²) in [4.78, 5) is 8.75. The first kappa shape index (κ1) is 12.4. The standard InChI is InChI=1S/C11H19N5S/c1-8-6-9(2)17-11(14-8)12-5-4-10-13-7-16(3)15-10/h7-9H,4-6H2,1-3H3,(H,12,14). The van der Waals surface area contributed by atoms with E-state index in [1.54, 1.807) is 11.0 Å². The minimum Gasteiger partial charge on any atom is -0.362 e. The van der Waals surface area contributed by atoms with E-state index in [9.17, 15) is 0 Å². The molecule has 17 heavy (non-hydrogen) atoms. The van der Waals surface area contributed by atoms with Crippen LogP contribution in [0.5, 0.6) is 0 Å². The van der Waals surface area contributed by atoms with E-state index in [2.05, 4.69) is 34.2 Å². The molecule has 94 valence electrons. The molecular weight excluding hydrogens is 234 g/mol. The summed E-state index contributed by atoms with van der Waals surface area (Å²) in [6, 6.07) is 0.526. The fourth-order valence-corrected chi connectivity index (χ4v) is 3.08. The second-order valence-electron chi connectivity index (χ2n) is 4.48. The number of thioether (sulfide) groups is 1. The zero-order valence-corrected chi connectivity index (χ0v) is 11.4. The molecule has 1 aliphatic rings. The Morgan fingerprint density at radius 2 is 2.41 bits per heavy atom. The van der Waals surface area contributed by atoms with Crippen molar-refractivity contribution < 1.29 is 0 Å². The summed E-state index contributed by atoms with van der Waals surface area (Å²) in [6.45, 7) is 5.20. The second-order valence-corrected chi connectivity index (χ2v) is 5.91. The summed E-state index contributed by atoms with van der Waals surface area (Å²) in [6.07, 6.45) is 3.72. The summed E-state index contributed by atoms with van der Waals surface area (Å²) in [5.74, 6) is 0.860. The number of aliphatic imine (C=N–C) groups is 1. The zero-order valence-electron chi connectivity index (χ0n) is 10.6. The Bertz CT molecular complexity index is 388. The van der Waals surface area contributed by atoms with Gasteiger partial charge in [0, 0.05) is 31.3 Å². The molecular formula is C11H19N5S. The Kier molecular flexibility index (Phi) is 4.04. The molecule has 5 nitrogen and oxygen atoms in total. The maximum Gasteiger partial charge on any atom is 0.157 e. The van der Waals surface area contributed by atoms with Crippen molar-refractivity contribution in [2.75, 3.05) is 6.54 Å². The van der Waals surface area contributed by atoms with Gasteiger partial charge in [-0.05, 0) is 13.3 Å². The molecule has 0 spiro atoms. The molecule has 2 atom stereocenters. The fraction of sp³-hybridized carbons (Fsp3) is 0.727. The molecule has 0 amide bonds. The van der Waals surface area contributed by atoms with Crippen molar-refractivity contribution in [1.82, 2.24) is 20.1 Å². The lowest BCUT2D eigenvalue weighted by molar-refractivity contribution is 0.597. The van der Waals surface area contributed by atoms with Crippen LogP contribution in [-0.2, 0) is 13.5 Å². The van der Waals surface area contributed by atoms with Gasteiger partial charge in [0.25, 0.3) is 0 Å². The van der Waals surface area contributed by atoms with Gasteiger partial charge in [-0.2, -0.15) is 5.10 Å². The molecule has 0 bridgehead atoms. The van der Waals surface area contributed by atoms with E-state index >= 15 is 0 Å². The smallest absolute Gasteiger partial charge is 0.157 e. The third kappa shape index (κ3) is 3.73. The van der Waals surface area contributed by atoms with Gasteiger partial charge < -0.3 is 5.32 Å². The highest BCUT2D eigenvalue weighted by atomic mass is 32.2. The van der Waals surface area contributed by atoms with Crippen LogP contribution < -0.4 is 5.32 Å². The summed E-state index contributed by atoms with van der Waals surface area (Å²) in [5, 5.41) is 9.35. The SMILES string of the molecule is CC1CC(C)SC(=NCCc2ncn(C)n2)N1. The maximum atomic E-state index is 4.57. The Morgan fingerprint density at radius 1 is 1.59 bits per heavy atom. The summed E-state index contributed by atoms with van der Waals surface area (Å²) in [7, 11) is 1.88. The zero-order chi connectivity index (χ0) is 12.3. The lowest BCUT2D eigenvalue weighted by Gasteiger charge is -2.26. The lowest BCUT2D eigenvalue weighted by atomic mass is 10.2. The van der Waals surface area contributed by atoms with Crippen LogP contribution in [0.2, 0.25) is 0 Å². The van der Waals surface area contributed by atoms with Crippen molar-refractivity contribution in [3.63, 3.8) is 0 Å². The molecule has 2 heterocycles. The molecule has 0 aromatic carbocycles. The van der Waals surface area contributed by atoms with Gasteiger partial charge in [0.2, 0.25) is 0 Å². The van der Waals surface area contributed by atoms with Gasteiger partial charge in [-0.1, -0.05) is 18.7 Å². The molecule has 1 saturated heterocycles. The van der Waals surface area contributed by atoms with E-state index in [1.807, 2.05) is 18.8 Å². The molecule has 0 aliphatic carbocycles. The van der Waals surface area contributed by atoms with Crippen molar-refractivity contribution in [1.29, 1.82) is 0 Å². The molecule has 1 aromatic rings. The molecule has 1 aliphatic heterocycles. The predicted octanol–water partition coefficient (Wildman–Crippen LogP) is 1.22. The Morgan fingerprint density at radius 3 is 3.06 bits per heavy atom. The highest BCUT2D eigenvalue weighted by molar-refractivity contribution is 8.14. The average Bonchev–Trinajstić information content (AvgIpc) is 2.63. The van der Waals surface area contributed by atoms with E-state index in [4.69, 9.17) is 0 Å². The van der Waals surface area contributed by atoms with Gasteiger partial charge in [0.15, 0.2) is 11.0 Å². The molecule has 2 unspecified atom stereocenters. The van der Waals surface area contributed by atoms with Crippen LogP contribution in [0.25, 0.3) is 0 Å². The second kappa shape index (κ2) is 5.53. The minimum absolute atomic E-state index is 0.526. The summed E-state index contributed by atoms with van der Waals surface area (Å²) >= 11 is 1.82. The van der Waals surface area contributed by atoms with Gasteiger partial charge in [-0.15, -0.1) is 0 Å². The van der Waals surface area contributed by atoms with E-state index < -0.39 is 0 Å². The third-order valence-electron chi connectivity index (χ3n) is 2.61. The van der Waals surface area contributed by atoms with Crippen LogP contribution in [0.15, 0.2) is 11.3 Å². The average molecular weight is 253 g/mol. The summed E-state index contributed by atoms with van der Waals surface area (Å²) < 4.78 is 1.72. The number of nitrogens with one attached hydrogen (secondary N) is 1. The van der Waals surface area contributed by atoms with Gasteiger partial charge in [0.05, 0.1) is 0 Å². The van der Waals surface area contributed by atoms with Gasteiger partial charge in [0.1, 0.15) is 6.33 Å². The molecule has 1 aromatic heterocycles. The van der Waals surface area contributed by atoms with E-state index in [-0.39, 0.29) is 0 Å². The Balaban J connectivity index is 1.83. The first-order chi connectivity index (χ1) is 8.13. The predicted molar refractivity (Wildman–Crippen MR) is 71.3 cm³/mol. The van der Waals surface area contributed by atoms with Gasteiger partial charge >= 0.3 is 0 Å². The molecule has 1 fully saturated rings. The molecule has 6 heteroatoms. The van der Waals surface area contributed by atoms with Crippen LogP contribution in [0, 0.1) is 0 Å². The molecule has 2 rings (SSSR count). The third-order valence-corrected chi connectivity index (χ3v) is 3.67. The Hall–Kier alpha value is -1.04. The van der Waals surface area contributed by atoms with Crippen molar-refractivity contribution in [3.05, 3.63) is 12.2 Å². The molecule has 1 N–H and O–H groups in total. The van der Waals surface area contributed by atoms with Gasteiger partial charge in [-0.3, -0.25) is 9.67 Å². The fourth-order valence-electron chi connectivity index (χ4n) is 1.88. The molecule has 0 saturated carbocycles. The van der Waals surface area contributed by atoms with Crippen LogP contribution in [0.3, 0.4) is 0 Å². The number of nitrogens with zero attached hydrogens (tertiary/aromatic N) is 4. The van der Waals surface area contributed by atoms with E-state index in [0.717, 1.165) is 24.0 Å². The van der Waals surface area contributed by atoms with Crippen LogP contribution >= 0.6 is 11.8 Å². The van der Waals surface area contributed by atoms with Crippen LogP contribution in [0.1, 0.15) is 26.1 Å². The number of hydrogen-bond acceptors (Lipinski definition) is 4. The quantitative estimate of drug-likeness (QED) is 0.880. The van der Waals surface area contributed by atoms with Crippen molar-refractivity contribution in [3.8, 4) is 0 Å². The van der Waals surface area contributed by atoms with Crippen LogP contribution in [-0.4, -0.2) is 37.8 Å². The minimum atomic E-state index is 0.526. The summed E-state index contributed by atoms with van der Waals surface area (Å²) in [5.41, 5.74) is 0. The number of aromatic nitrogens is 3. The number of amidine groups is 1. The van der Waals surface area contributed by atoms with Crippen molar-refractivity contribution >= 4 is 16.9 Å². The largest absolute Gasteiger partial charge is 0.362 e. The normalized spacial score (nSPS) is 27.1. The highest BCUT2D eigenvalue weighted by Crippen LogP contribution is 2.22. The van der Waals surface area contributed by atoms with Crippen LogP contribution in [0.4, 0.5) is 0 Å². The lowest BCUT2D eigenvalue weighted by Crippen LogP contribution is -2.38. The van der Waals surface area contributed by atoms with E-state index in [0.29, 0.717) is 11.3 Å². The monoisotopic (exact) mass is 253 g/mol. The number of rotatable bonds is 3. The maximum absolute atomic E-state index is 4.57. The van der Waals surface area contributed by atoms with E-state index in [1.165, 1.54) is 6.42 Å².